The van der Waals surface area contributed by atoms with Gasteiger partial charge in [-0.2, -0.15) is 0 Å². The Hall–Kier alpha value is -2.05. The number of nitrogens with one attached hydrogen (secondary N) is 1. The maximum atomic E-state index is 13.7. The Morgan fingerprint density at radius 3 is 2.34 bits per heavy atom. The Labute approximate surface area is 360 Å². The van der Waals surface area contributed by atoms with Gasteiger partial charge in [-0.3, -0.25) is 14.4 Å². The van der Waals surface area contributed by atoms with E-state index in [1.165, 1.54) is 25.7 Å². The molecular weight excluding hydrogens is 805 g/mol. The van der Waals surface area contributed by atoms with Crippen molar-refractivity contribution in [2.24, 2.45) is 23.7 Å². The Kier molecular flexibility index (Phi) is 19.8. The van der Waals surface area contributed by atoms with Crippen molar-refractivity contribution in [2.75, 3.05) is 19.8 Å². The van der Waals surface area contributed by atoms with Gasteiger partial charge in [0.05, 0.1) is 12.2 Å². The zero-order chi connectivity index (χ0) is 41.3. The molecule has 0 radical (unpaired) electrons. The first-order chi connectivity index (χ1) is 28.0. The first-order valence-electron chi connectivity index (χ1n) is 21.8. The average molecular weight is 869 g/mol. The zero-order valence-corrected chi connectivity index (χ0v) is 36.4. The Morgan fingerprint density at radius 2 is 1.66 bits per heavy atom. The molecule has 2 aliphatic heterocycles. The van der Waals surface area contributed by atoms with E-state index in [1.54, 1.807) is 0 Å². The summed E-state index contributed by atoms with van der Waals surface area (Å²) in [5, 5.41) is 2.76. The number of halogens is 3. The highest BCUT2D eigenvalue weighted by Crippen LogP contribution is 2.41. The highest BCUT2D eigenvalue weighted by atomic mass is 35.6. The number of rotatable bonds is 22. The van der Waals surface area contributed by atoms with E-state index in [0.29, 0.717) is 37.9 Å². The molecule has 13 heteroatoms. The summed E-state index contributed by atoms with van der Waals surface area (Å²) in [5.41, 5.74) is 0.827. The summed E-state index contributed by atoms with van der Waals surface area (Å²) in [6, 6.07) is 8.25. The number of hydrogen-bond donors (Lipinski definition) is 1. The quantitative estimate of drug-likeness (QED) is 0.0525. The second kappa shape index (κ2) is 24.4. The number of carbonyl (C=O) groups excluding carboxylic acids is 4. The van der Waals surface area contributed by atoms with Gasteiger partial charge in [0.15, 0.2) is 12.6 Å². The topological polar surface area (TPSA) is 126 Å². The molecule has 0 aromatic heterocycles. The Bertz CT molecular complexity index is 1460. The van der Waals surface area contributed by atoms with Crippen molar-refractivity contribution in [2.45, 2.75) is 164 Å². The molecule has 5 rings (SSSR count). The Balaban J connectivity index is 1.18. The molecule has 2 saturated carbocycles. The lowest BCUT2D eigenvalue weighted by atomic mass is 9.87. The predicted octanol–water partition coefficient (Wildman–Crippen LogP) is 9.34. The lowest BCUT2D eigenvalue weighted by molar-refractivity contribution is -0.193. The van der Waals surface area contributed by atoms with Gasteiger partial charge < -0.3 is 29.0 Å². The van der Waals surface area contributed by atoms with Crippen molar-refractivity contribution >= 4 is 58.2 Å². The number of amides is 1. The number of alkyl halides is 3. The van der Waals surface area contributed by atoms with Crippen molar-refractivity contribution < 1.29 is 42.9 Å². The normalized spacial score (nSPS) is 27.7. The van der Waals surface area contributed by atoms with Crippen LogP contribution in [-0.2, 0) is 49.3 Å². The van der Waals surface area contributed by atoms with Gasteiger partial charge in [0.2, 0.25) is 9.70 Å². The third-order valence-electron chi connectivity index (χ3n) is 12.0. The third-order valence-corrected chi connectivity index (χ3v) is 12.3. The highest BCUT2D eigenvalue weighted by molar-refractivity contribution is 6.67. The van der Waals surface area contributed by atoms with Crippen molar-refractivity contribution in [3.63, 3.8) is 0 Å². The van der Waals surface area contributed by atoms with Gasteiger partial charge in [-0.1, -0.05) is 110 Å². The summed E-state index contributed by atoms with van der Waals surface area (Å²) in [6.45, 7) is 3.13. The molecule has 1 aromatic carbocycles. The average Bonchev–Trinajstić information content (AvgIpc) is 3.80. The number of Topliss-reactive ketones (excluding diaryl/α,β-unsaturated/α-hetero) is 2. The largest absolute Gasteiger partial charge is 0.460 e. The molecule has 2 heterocycles. The van der Waals surface area contributed by atoms with Crippen molar-refractivity contribution in [1.29, 1.82) is 0 Å². The number of unbranched alkanes of at least 4 members (excludes halogenated alkanes) is 2. The zero-order valence-electron chi connectivity index (χ0n) is 34.1. The second-order valence-electron chi connectivity index (χ2n) is 16.7. The fourth-order valence-corrected chi connectivity index (χ4v) is 9.01. The summed E-state index contributed by atoms with van der Waals surface area (Å²) < 4.78 is 28.5. The summed E-state index contributed by atoms with van der Waals surface area (Å²) in [4.78, 5) is 53.0. The van der Waals surface area contributed by atoms with Gasteiger partial charge in [0, 0.05) is 57.2 Å². The molecular formula is C45H64Cl3NO9. The number of ether oxygens (including phenoxy) is 5. The predicted molar refractivity (Wildman–Crippen MR) is 224 cm³/mol. The van der Waals surface area contributed by atoms with Crippen LogP contribution in [0.1, 0.15) is 128 Å². The molecule has 2 aliphatic carbocycles. The minimum atomic E-state index is -1.78. The molecule has 1 aromatic rings. The standard InChI is InChI=1S/C45H64Cl3NO9/c1-2-3-13-32-20-21-33(26-32)39(57-42-18-9-11-24-54-42)23-22-35-36(38(51)29-40(35)58-43-19-10-12-25-55-43)28-34(50)16-7-8-17-41(52)49-37(27-31-14-5-4-6-15-31)44(53)56-30-45(46,47)48/h4-6,14-15,22-23,32-33,35-37,39-40,42-43H,2-3,7-13,16-21,24-30H2,1H3,(H,49,52)/b23-22+/t32-,33-,35+,36+,37-,39-,40+,42?,43?/m0/s1. The molecule has 9 atom stereocenters. The lowest BCUT2D eigenvalue weighted by Crippen LogP contribution is -2.44. The van der Waals surface area contributed by atoms with Crippen LogP contribution >= 0.6 is 34.8 Å². The second-order valence-corrected chi connectivity index (χ2v) is 19.2. The molecule has 10 nitrogen and oxygen atoms in total. The molecule has 2 saturated heterocycles. The fraction of sp³-hybridized carbons (Fsp3) is 0.733. The van der Waals surface area contributed by atoms with Crippen LogP contribution in [0, 0.1) is 23.7 Å². The van der Waals surface area contributed by atoms with Crippen molar-refractivity contribution in [3.05, 3.63) is 48.0 Å². The molecule has 4 aliphatic rings. The maximum Gasteiger partial charge on any atom is 0.329 e. The minimum Gasteiger partial charge on any atom is -0.460 e. The van der Waals surface area contributed by atoms with Crippen LogP contribution in [0.15, 0.2) is 42.5 Å². The molecule has 1 amide bonds. The van der Waals surface area contributed by atoms with Gasteiger partial charge in [0.25, 0.3) is 0 Å². The number of hydrogen-bond acceptors (Lipinski definition) is 9. The van der Waals surface area contributed by atoms with Crippen LogP contribution < -0.4 is 5.32 Å². The third kappa shape index (κ3) is 16.1. The van der Waals surface area contributed by atoms with Crippen LogP contribution in [0.25, 0.3) is 0 Å². The molecule has 1 N–H and O–H groups in total. The van der Waals surface area contributed by atoms with Crippen molar-refractivity contribution in [3.8, 4) is 0 Å². The Morgan fingerprint density at radius 1 is 0.931 bits per heavy atom. The van der Waals surface area contributed by atoms with E-state index in [1.807, 2.05) is 30.3 Å². The molecule has 58 heavy (non-hydrogen) atoms. The minimum absolute atomic E-state index is 0.0260. The van der Waals surface area contributed by atoms with E-state index in [2.05, 4.69) is 24.4 Å². The van der Waals surface area contributed by atoms with Crippen LogP contribution in [-0.4, -0.2) is 77.9 Å². The molecule has 2 unspecified atom stereocenters. The number of carbonyl (C=O) groups is 4. The number of esters is 1. The van der Waals surface area contributed by atoms with E-state index in [-0.39, 0.29) is 80.3 Å². The molecule has 324 valence electrons. The lowest BCUT2D eigenvalue weighted by Gasteiger charge is -2.31. The van der Waals surface area contributed by atoms with Crippen LogP contribution in [0.5, 0.6) is 0 Å². The maximum absolute atomic E-state index is 13.7. The van der Waals surface area contributed by atoms with E-state index < -0.39 is 28.3 Å². The SMILES string of the molecule is CCCC[C@H]1CC[C@H]([C@H](/C=C/[C@H]2[C@H](OC3CCCCO3)CC(=O)[C@@H]2CC(=O)CCCCC(=O)N[C@@H](Cc2ccccc2)C(=O)OCC(Cl)(Cl)Cl)OC2CCCCO2)C1. The van der Waals surface area contributed by atoms with Crippen molar-refractivity contribution in [1.82, 2.24) is 5.32 Å². The van der Waals surface area contributed by atoms with Gasteiger partial charge >= 0.3 is 5.97 Å². The number of ketones is 2. The monoisotopic (exact) mass is 867 g/mol. The van der Waals surface area contributed by atoms with Gasteiger partial charge in [-0.25, -0.2) is 4.79 Å². The van der Waals surface area contributed by atoms with Gasteiger partial charge in [0.1, 0.15) is 24.2 Å². The smallest absolute Gasteiger partial charge is 0.329 e. The van der Waals surface area contributed by atoms with Gasteiger partial charge in [-0.05, 0) is 81.6 Å². The first kappa shape index (κ1) is 47.0. The summed E-state index contributed by atoms with van der Waals surface area (Å²) >= 11 is 17.3. The number of benzene rings is 1. The van der Waals surface area contributed by atoms with E-state index >= 15 is 0 Å². The van der Waals surface area contributed by atoms with Crippen LogP contribution in [0.2, 0.25) is 0 Å². The molecule has 4 fully saturated rings. The van der Waals surface area contributed by atoms with E-state index in [4.69, 9.17) is 58.5 Å². The van der Waals surface area contributed by atoms with E-state index in [0.717, 1.165) is 56.9 Å². The van der Waals surface area contributed by atoms with Crippen LogP contribution in [0.3, 0.4) is 0 Å². The molecule has 0 spiro atoms. The van der Waals surface area contributed by atoms with E-state index in [9.17, 15) is 19.2 Å². The highest BCUT2D eigenvalue weighted by Gasteiger charge is 2.44. The molecule has 0 bridgehead atoms. The summed E-state index contributed by atoms with van der Waals surface area (Å²) in [5.74, 6) is -0.774. The first-order valence-corrected chi connectivity index (χ1v) is 22.9. The van der Waals surface area contributed by atoms with Gasteiger partial charge in [-0.15, -0.1) is 0 Å². The van der Waals surface area contributed by atoms with Crippen LogP contribution in [0.4, 0.5) is 0 Å². The fourth-order valence-electron chi connectivity index (χ4n) is 8.85. The summed E-state index contributed by atoms with van der Waals surface area (Å²) in [7, 11) is 0. The summed E-state index contributed by atoms with van der Waals surface area (Å²) in [6.07, 6.45) is 17.8.